The quantitative estimate of drug-likeness (QED) is 0.903. The van der Waals surface area contributed by atoms with Gasteiger partial charge in [-0.15, -0.1) is 0 Å². The van der Waals surface area contributed by atoms with Crippen LogP contribution in [-0.4, -0.2) is 68.6 Å². The Hall–Kier alpha value is -1.59. The third-order valence-electron chi connectivity index (χ3n) is 4.68. The summed E-state index contributed by atoms with van der Waals surface area (Å²) < 4.78 is 5.14. The van der Waals surface area contributed by atoms with Gasteiger partial charge in [-0.3, -0.25) is 9.69 Å². The number of amides is 1. The van der Waals surface area contributed by atoms with Gasteiger partial charge in [0.2, 0.25) is 0 Å². The Morgan fingerprint density at radius 3 is 2.55 bits per heavy atom. The number of benzene rings is 1. The summed E-state index contributed by atoms with van der Waals surface area (Å²) in [5.74, 6) is 1.69. The number of piperazine rings is 1. The number of carbonyl (C=O) groups excluding carboxylic acids is 1. The van der Waals surface area contributed by atoms with Gasteiger partial charge < -0.3 is 15.0 Å². The molecule has 1 N–H and O–H groups in total. The fourth-order valence-electron chi connectivity index (χ4n) is 3.29. The van der Waals surface area contributed by atoms with Crippen molar-refractivity contribution in [1.82, 2.24) is 15.1 Å². The van der Waals surface area contributed by atoms with Crippen LogP contribution < -0.4 is 10.1 Å². The molecule has 1 atom stereocenters. The van der Waals surface area contributed by atoms with Crippen LogP contribution in [0.3, 0.4) is 0 Å². The van der Waals surface area contributed by atoms with Gasteiger partial charge in [0.05, 0.1) is 7.11 Å². The van der Waals surface area contributed by atoms with Crippen LogP contribution in [-0.2, 0) is 0 Å². The maximum Gasteiger partial charge on any atom is 0.253 e. The zero-order valence-electron chi connectivity index (χ0n) is 13.3. The van der Waals surface area contributed by atoms with E-state index >= 15 is 0 Å². The Bertz CT molecular complexity index is 489. The molecule has 0 aliphatic carbocycles. The van der Waals surface area contributed by atoms with Crippen LogP contribution in [0.2, 0.25) is 0 Å². The van der Waals surface area contributed by atoms with E-state index in [4.69, 9.17) is 4.74 Å². The smallest absolute Gasteiger partial charge is 0.253 e. The molecule has 0 radical (unpaired) electrons. The summed E-state index contributed by atoms with van der Waals surface area (Å²) in [6.07, 6.45) is 1.28. The summed E-state index contributed by atoms with van der Waals surface area (Å²) in [4.78, 5) is 17.0. The molecule has 5 heteroatoms. The van der Waals surface area contributed by atoms with E-state index in [0.717, 1.165) is 63.0 Å². The summed E-state index contributed by atoms with van der Waals surface area (Å²) in [7, 11) is 1.63. The van der Waals surface area contributed by atoms with E-state index in [0.29, 0.717) is 0 Å². The van der Waals surface area contributed by atoms with E-state index in [9.17, 15) is 4.79 Å². The van der Waals surface area contributed by atoms with Crippen molar-refractivity contribution in [2.75, 3.05) is 52.9 Å². The SMILES string of the molecule is COc1ccc(C(=O)N2CCN(CC3CCNC3)CC2)cc1. The molecule has 2 aliphatic rings. The molecule has 2 saturated heterocycles. The van der Waals surface area contributed by atoms with Crippen molar-refractivity contribution < 1.29 is 9.53 Å². The maximum atomic E-state index is 12.5. The molecule has 5 nitrogen and oxygen atoms in total. The first kappa shape index (κ1) is 15.3. The average molecular weight is 303 g/mol. The summed E-state index contributed by atoms with van der Waals surface area (Å²) in [6, 6.07) is 7.38. The van der Waals surface area contributed by atoms with E-state index in [-0.39, 0.29) is 5.91 Å². The van der Waals surface area contributed by atoms with Crippen LogP contribution in [0.15, 0.2) is 24.3 Å². The molecule has 0 bridgehead atoms. The number of rotatable bonds is 4. The minimum Gasteiger partial charge on any atom is -0.497 e. The molecule has 0 aromatic heterocycles. The lowest BCUT2D eigenvalue weighted by Gasteiger charge is -2.35. The summed E-state index contributed by atoms with van der Waals surface area (Å²) in [5, 5.41) is 3.42. The first-order valence-corrected chi connectivity index (χ1v) is 8.12. The minimum atomic E-state index is 0.129. The van der Waals surface area contributed by atoms with Gasteiger partial charge in [0.15, 0.2) is 0 Å². The second kappa shape index (κ2) is 7.11. The molecule has 22 heavy (non-hydrogen) atoms. The van der Waals surface area contributed by atoms with Gasteiger partial charge >= 0.3 is 0 Å². The molecule has 3 rings (SSSR count). The van der Waals surface area contributed by atoms with Gasteiger partial charge in [0.25, 0.3) is 5.91 Å². The second-order valence-corrected chi connectivity index (χ2v) is 6.18. The summed E-state index contributed by atoms with van der Waals surface area (Å²) >= 11 is 0. The molecule has 0 saturated carbocycles. The van der Waals surface area contributed by atoms with Crippen molar-refractivity contribution in [3.63, 3.8) is 0 Å². The van der Waals surface area contributed by atoms with Crippen molar-refractivity contribution >= 4 is 5.91 Å². The third kappa shape index (κ3) is 3.59. The zero-order chi connectivity index (χ0) is 15.4. The molecule has 0 spiro atoms. The molecule has 1 aromatic rings. The highest BCUT2D eigenvalue weighted by molar-refractivity contribution is 5.94. The Kier molecular flexibility index (Phi) is 4.95. The van der Waals surface area contributed by atoms with Crippen LogP contribution in [0.4, 0.5) is 0 Å². The fraction of sp³-hybridized carbons (Fsp3) is 0.588. The first-order valence-electron chi connectivity index (χ1n) is 8.12. The van der Waals surface area contributed by atoms with Crippen molar-refractivity contribution in [2.45, 2.75) is 6.42 Å². The van der Waals surface area contributed by atoms with Gasteiger partial charge in [0, 0.05) is 38.3 Å². The highest BCUT2D eigenvalue weighted by Gasteiger charge is 2.24. The molecule has 2 heterocycles. The van der Waals surface area contributed by atoms with E-state index in [1.807, 2.05) is 29.2 Å². The molecule has 120 valence electrons. The van der Waals surface area contributed by atoms with Crippen molar-refractivity contribution in [1.29, 1.82) is 0 Å². The molecule has 1 aromatic carbocycles. The van der Waals surface area contributed by atoms with Gasteiger partial charge in [-0.2, -0.15) is 0 Å². The Morgan fingerprint density at radius 2 is 1.95 bits per heavy atom. The van der Waals surface area contributed by atoms with Gasteiger partial charge in [-0.1, -0.05) is 0 Å². The van der Waals surface area contributed by atoms with Crippen LogP contribution in [0.25, 0.3) is 0 Å². The van der Waals surface area contributed by atoms with Gasteiger partial charge in [-0.05, 0) is 49.7 Å². The number of hydrogen-bond donors (Lipinski definition) is 1. The Labute approximate surface area is 132 Å². The van der Waals surface area contributed by atoms with E-state index < -0.39 is 0 Å². The number of nitrogens with zero attached hydrogens (tertiary/aromatic N) is 2. The second-order valence-electron chi connectivity index (χ2n) is 6.18. The lowest BCUT2D eigenvalue weighted by Crippen LogP contribution is -2.49. The Balaban J connectivity index is 1.50. The van der Waals surface area contributed by atoms with Gasteiger partial charge in [-0.25, -0.2) is 0 Å². The van der Waals surface area contributed by atoms with Crippen molar-refractivity contribution in [3.8, 4) is 5.75 Å². The molecular weight excluding hydrogens is 278 g/mol. The summed E-state index contributed by atoms with van der Waals surface area (Å²) in [5.41, 5.74) is 0.745. The van der Waals surface area contributed by atoms with E-state index in [1.54, 1.807) is 7.11 Å². The predicted octanol–water partition coefficient (Wildman–Crippen LogP) is 1.06. The minimum absolute atomic E-state index is 0.129. The van der Waals surface area contributed by atoms with Crippen LogP contribution in [0.1, 0.15) is 16.8 Å². The van der Waals surface area contributed by atoms with Crippen LogP contribution in [0, 0.1) is 5.92 Å². The zero-order valence-corrected chi connectivity index (χ0v) is 13.3. The maximum absolute atomic E-state index is 12.5. The predicted molar refractivity (Wildman–Crippen MR) is 86.3 cm³/mol. The lowest BCUT2D eigenvalue weighted by atomic mass is 10.1. The fourth-order valence-corrected chi connectivity index (χ4v) is 3.29. The average Bonchev–Trinajstić information content (AvgIpc) is 3.08. The van der Waals surface area contributed by atoms with Gasteiger partial charge in [0.1, 0.15) is 5.75 Å². The van der Waals surface area contributed by atoms with Crippen molar-refractivity contribution in [3.05, 3.63) is 29.8 Å². The monoisotopic (exact) mass is 303 g/mol. The highest BCUT2D eigenvalue weighted by Crippen LogP contribution is 2.16. The number of carbonyl (C=O) groups is 1. The highest BCUT2D eigenvalue weighted by atomic mass is 16.5. The normalized spacial score (nSPS) is 22.8. The Morgan fingerprint density at radius 1 is 1.23 bits per heavy atom. The standard InChI is InChI=1S/C17H25N3O2/c1-22-16-4-2-15(3-5-16)17(21)20-10-8-19(9-11-20)13-14-6-7-18-12-14/h2-5,14,18H,6-13H2,1H3. The van der Waals surface area contributed by atoms with E-state index in [1.165, 1.54) is 6.42 Å². The lowest BCUT2D eigenvalue weighted by molar-refractivity contribution is 0.0620. The number of methoxy groups -OCH3 is 1. The molecule has 1 unspecified atom stereocenters. The topological polar surface area (TPSA) is 44.8 Å². The first-order chi connectivity index (χ1) is 10.8. The van der Waals surface area contributed by atoms with Crippen LogP contribution in [0.5, 0.6) is 5.75 Å². The molecule has 2 fully saturated rings. The van der Waals surface area contributed by atoms with Crippen molar-refractivity contribution in [2.24, 2.45) is 5.92 Å². The number of ether oxygens (including phenoxy) is 1. The molecule has 1 amide bonds. The van der Waals surface area contributed by atoms with Crippen LogP contribution >= 0.6 is 0 Å². The molecule has 2 aliphatic heterocycles. The molecular formula is C17H25N3O2. The summed E-state index contributed by atoms with van der Waals surface area (Å²) in [6.45, 7) is 7.08. The largest absolute Gasteiger partial charge is 0.497 e. The number of hydrogen-bond acceptors (Lipinski definition) is 4. The van der Waals surface area contributed by atoms with E-state index in [2.05, 4.69) is 10.2 Å². The third-order valence-corrected chi connectivity index (χ3v) is 4.68. The number of nitrogens with one attached hydrogen (secondary N) is 1.